The standard InChI is InChI=1S/C30H24S4/c1-3-7-19(8-4-1)11-13-21-15-27-29(31-21)23-17-26-24(18-25(23)33-27)30-28(34-26)16-22(32-30)14-12-20-9-5-2-6-10-20/h1-16,23-26H,17-18H2/b13-11+,14-12+. The summed E-state index contributed by atoms with van der Waals surface area (Å²) < 4.78 is 0. The van der Waals surface area contributed by atoms with E-state index in [0.717, 1.165) is 22.3 Å². The third-order valence-corrected chi connectivity index (χ3v) is 12.6. The SMILES string of the molecule is C(=C\c1cc2c(s1)C1CC3Sc4cc(/C=C/c5ccccc5)sc4C3CC1S2)/c1ccccc1. The summed E-state index contributed by atoms with van der Waals surface area (Å²) in [4.78, 5) is 9.21. The zero-order valence-corrected chi connectivity index (χ0v) is 21.9. The molecule has 3 aliphatic rings. The Labute approximate surface area is 217 Å². The van der Waals surface area contributed by atoms with Gasteiger partial charge in [-0.05, 0) is 48.3 Å². The Hall–Kier alpha value is -1.98. The van der Waals surface area contributed by atoms with Gasteiger partial charge in [-0.3, -0.25) is 0 Å². The highest BCUT2D eigenvalue weighted by atomic mass is 32.2. The molecule has 2 aromatic heterocycles. The van der Waals surface area contributed by atoms with Crippen LogP contribution in [-0.4, -0.2) is 10.5 Å². The Balaban J connectivity index is 1.07. The first kappa shape index (κ1) is 21.3. The number of benzene rings is 2. The molecule has 4 heteroatoms. The molecule has 0 spiro atoms. The van der Waals surface area contributed by atoms with E-state index in [1.54, 1.807) is 19.5 Å². The van der Waals surface area contributed by atoms with Gasteiger partial charge >= 0.3 is 0 Å². The van der Waals surface area contributed by atoms with Gasteiger partial charge in [0.05, 0.1) is 0 Å². The van der Waals surface area contributed by atoms with Crippen LogP contribution in [0.15, 0.2) is 82.6 Å². The van der Waals surface area contributed by atoms with E-state index >= 15 is 0 Å². The lowest BCUT2D eigenvalue weighted by Crippen LogP contribution is -2.28. The predicted octanol–water partition coefficient (Wildman–Crippen LogP) is 9.76. The van der Waals surface area contributed by atoms with Crippen molar-refractivity contribution < 1.29 is 0 Å². The lowest BCUT2D eigenvalue weighted by atomic mass is 9.80. The van der Waals surface area contributed by atoms with Crippen molar-refractivity contribution in [3.8, 4) is 0 Å². The molecule has 4 heterocycles. The van der Waals surface area contributed by atoms with Crippen LogP contribution in [0.4, 0.5) is 0 Å². The molecule has 0 amide bonds. The normalized spacial score (nSPS) is 24.9. The average Bonchev–Trinajstić information content (AvgIpc) is 3.61. The fourth-order valence-corrected chi connectivity index (χ4v) is 11.6. The molecule has 0 nitrogen and oxygen atoms in total. The average molecular weight is 513 g/mol. The molecular formula is C30H24S4. The molecule has 0 radical (unpaired) electrons. The molecule has 2 aliphatic heterocycles. The van der Waals surface area contributed by atoms with Crippen LogP contribution >= 0.6 is 46.2 Å². The Morgan fingerprint density at radius 2 is 1.00 bits per heavy atom. The number of hydrogen-bond donors (Lipinski definition) is 0. The number of hydrogen-bond acceptors (Lipinski definition) is 4. The van der Waals surface area contributed by atoms with Crippen LogP contribution in [-0.2, 0) is 0 Å². The molecule has 4 aromatic rings. The van der Waals surface area contributed by atoms with Gasteiger partial charge in [0.1, 0.15) is 0 Å². The summed E-state index contributed by atoms with van der Waals surface area (Å²) in [7, 11) is 0. The fraction of sp³-hybridized carbons (Fsp3) is 0.200. The van der Waals surface area contributed by atoms with Crippen molar-refractivity contribution in [2.75, 3.05) is 0 Å². The van der Waals surface area contributed by atoms with Crippen LogP contribution in [0.1, 0.15) is 55.3 Å². The van der Waals surface area contributed by atoms with E-state index in [1.807, 2.05) is 22.7 Å². The quantitative estimate of drug-likeness (QED) is 0.267. The monoisotopic (exact) mass is 512 g/mol. The van der Waals surface area contributed by atoms with E-state index in [4.69, 9.17) is 0 Å². The minimum absolute atomic E-state index is 0.740. The summed E-state index contributed by atoms with van der Waals surface area (Å²) in [5.41, 5.74) is 2.54. The highest BCUT2D eigenvalue weighted by molar-refractivity contribution is 8.01. The van der Waals surface area contributed by atoms with E-state index in [1.165, 1.54) is 33.7 Å². The second-order valence-electron chi connectivity index (χ2n) is 9.24. The van der Waals surface area contributed by atoms with Gasteiger partial charge in [-0.25, -0.2) is 0 Å². The van der Waals surface area contributed by atoms with E-state index in [0.29, 0.717) is 0 Å². The Morgan fingerprint density at radius 3 is 1.44 bits per heavy atom. The van der Waals surface area contributed by atoms with Gasteiger partial charge in [-0.15, -0.1) is 46.2 Å². The molecule has 4 unspecified atom stereocenters. The Kier molecular flexibility index (Phi) is 5.58. The third-order valence-electron chi connectivity index (χ3n) is 7.07. The Morgan fingerprint density at radius 1 is 0.559 bits per heavy atom. The van der Waals surface area contributed by atoms with Gasteiger partial charge in [0.25, 0.3) is 0 Å². The fourth-order valence-electron chi connectivity index (χ4n) is 5.44. The number of thiophene rings is 2. The number of thioether (sulfide) groups is 2. The van der Waals surface area contributed by atoms with E-state index in [9.17, 15) is 0 Å². The van der Waals surface area contributed by atoms with E-state index in [-0.39, 0.29) is 0 Å². The van der Waals surface area contributed by atoms with Crippen molar-refractivity contribution in [3.63, 3.8) is 0 Å². The summed E-state index contributed by atoms with van der Waals surface area (Å²) >= 11 is 8.38. The Bertz CT molecular complexity index is 1270. The van der Waals surface area contributed by atoms with Crippen LogP contribution in [0.2, 0.25) is 0 Å². The zero-order chi connectivity index (χ0) is 22.5. The first-order valence-corrected chi connectivity index (χ1v) is 15.3. The van der Waals surface area contributed by atoms with Crippen molar-refractivity contribution in [3.05, 3.63) is 103 Å². The maximum absolute atomic E-state index is 2.44. The highest BCUT2D eigenvalue weighted by Gasteiger charge is 2.48. The molecule has 168 valence electrons. The summed E-state index contributed by atoms with van der Waals surface area (Å²) in [6.07, 6.45) is 11.7. The van der Waals surface area contributed by atoms with Gasteiger partial charge in [0, 0.05) is 51.6 Å². The minimum atomic E-state index is 0.740. The van der Waals surface area contributed by atoms with Gasteiger partial charge in [-0.1, -0.05) is 72.8 Å². The minimum Gasteiger partial charge on any atom is -0.139 e. The molecule has 2 aromatic carbocycles. The van der Waals surface area contributed by atoms with Gasteiger partial charge in [0.2, 0.25) is 0 Å². The van der Waals surface area contributed by atoms with Gasteiger partial charge in [0.15, 0.2) is 0 Å². The van der Waals surface area contributed by atoms with Crippen molar-refractivity contribution >= 4 is 70.5 Å². The van der Waals surface area contributed by atoms with Crippen LogP contribution in [0.3, 0.4) is 0 Å². The van der Waals surface area contributed by atoms with E-state index in [2.05, 4.69) is 121 Å². The van der Waals surface area contributed by atoms with E-state index < -0.39 is 0 Å². The number of rotatable bonds is 4. The smallest absolute Gasteiger partial charge is 0.0285 e. The van der Waals surface area contributed by atoms with Crippen molar-refractivity contribution in [1.29, 1.82) is 0 Å². The zero-order valence-electron chi connectivity index (χ0n) is 18.6. The molecule has 0 saturated heterocycles. The molecule has 7 rings (SSSR count). The summed E-state index contributed by atoms with van der Waals surface area (Å²) in [6, 6.07) is 26.1. The summed E-state index contributed by atoms with van der Waals surface area (Å²) in [6.45, 7) is 0. The third kappa shape index (κ3) is 3.95. The van der Waals surface area contributed by atoms with Gasteiger partial charge < -0.3 is 0 Å². The van der Waals surface area contributed by atoms with Crippen LogP contribution in [0, 0.1) is 0 Å². The maximum atomic E-state index is 2.44. The topological polar surface area (TPSA) is 0 Å². The number of fused-ring (bicyclic) bond motifs is 6. The second-order valence-corrected chi connectivity index (χ2v) is 14.0. The molecule has 1 fully saturated rings. The van der Waals surface area contributed by atoms with Crippen LogP contribution in [0.25, 0.3) is 24.3 Å². The highest BCUT2D eigenvalue weighted by Crippen LogP contribution is 2.63. The maximum Gasteiger partial charge on any atom is 0.0285 e. The largest absolute Gasteiger partial charge is 0.139 e. The lowest BCUT2D eigenvalue weighted by molar-refractivity contribution is 0.435. The molecule has 1 saturated carbocycles. The molecule has 0 bridgehead atoms. The molecule has 34 heavy (non-hydrogen) atoms. The van der Waals surface area contributed by atoms with Crippen molar-refractivity contribution in [1.82, 2.24) is 0 Å². The van der Waals surface area contributed by atoms with Crippen molar-refractivity contribution in [2.45, 2.75) is 45.0 Å². The molecule has 4 atom stereocenters. The lowest BCUT2D eigenvalue weighted by Gasteiger charge is -2.33. The van der Waals surface area contributed by atoms with Crippen molar-refractivity contribution in [2.24, 2.45) is 0 Å². The molecule has 1 aliphatic carbocycles. The summed E-state index contributed by atoms with van der Waals surface area (Å²) in [5, 5.41) is 1.51. The first-order valence-electron chi connectivity index (χ1n) is 11.9. The molecular weight excluding hydrogens is 489 g/mol. The summed E-state index contributed by atoms with van der Waals surface area (Å²) in [5.74, 6) is 1.48. The first-order chi connectivity index (χ1) is 16.8. The van der Waals surface area contributed by atoms with Gasteiger partial charge in [-0.2, -0.15) is 0 Å². The molecule has 0 N–H and O–H groups in total. The second kappa shape index (κ2) is 8.91. The predicted molar refractivity (Wildman–Crippen MR) is 153 cm³/mol. The van der Waals surface area contributed by atoms with Crippen LogP contribution in [0.5, 0.6) is 0 Å². The van der Waals surface area contributed by atoms with Crippen LogP contribution < -0.4 is 0 Å².